The first kappa shape index (κ1) is 8.41. The van der Waals surface area contributed by atoms with Crippen molar-refractivity contribution in [3.05, 3.63) is 12.3 Å². The third-order valence-electron chi connectivity index (χ3n) is 3.92. The second-order valence-electron chi connectivity index (χ2n) is 4.52. The number of aromatic nitrogens is 2. The van der Waals surface area contributed by atoms with Crippen LogP contribution in [0.1, 0.15) is 38.0 Å². The molecule has 0 aromatic carbocycles. The Morgan fingerprint density at radius 2 is 2.43 bits per heavy atom. The van der Waals surface area contributed by atoms with Gasteiger partial charge in [0.05, 0.1) is 6.54 Å². The van der Waals surface area contributed by atoms with E-state index in [4.69, 9.17) is 4.42 Å². The van der Waals surface area contributed by atoms with Crippen LogP contribution >= 0.6 is 0 Å². The van der Waals surface area contributed by atoms with Gasteiger partial charge in [-0.3, -0.25) is 0 Å². The minimum absolute atomic E-state index is 0.653. The normalized spacial score (nSPS) is 28.4. The molecular formula is C10H15N3O. The fourth-order valence-corrected chi connectivity index (χ4v) is 2.73. The first-order valence-electron chi connectivity index (χ1n) is 5.37. The van der Waals surface area contributed by atoms with Crippen LogP contribution in [0.5, 0.6) is 0 Å². The standard InChI is InChI=1S/C10H15N3O/c1-3-10(4-1)5-2-8(10)11-6-9-13-12-7-14-9/h7-8,11H,1-6H2. The summed E-state index contributed by atoms with van der Waals surface area (Å²) >= 11 is 0. The van der Waals surface area contributed by atoms with E-state index in [2.05, 4.69) is 15.5 Å². The van der Waals surface area contributed by atoms with Crippen molar-refractivity contribution >= 4 is 0 Å². The zero-order valence-electron chi connectivity index (χ0n) is 8.20. The lowest BCUT2D eigenvalue weighted by Crippen LogP contribution is -2.56. The van der Waals surface area contributed by atoms with E-state index in [-0.39, 0.29) is 0 Å². The first-order valence-corrected chi connectivity index (χ1v) is 5.37. The maximum absolute atomic E-state index is 5.09. The van der Waals surface area contributed by atoms with Gasteiger partial charge in [0.2, 0.25) is 12.3 Å². The SMILES string of the molecule is c1nnc(CNC2CCC23CCC3)o1. The van der Waals surface area contributed by atoms with Gasteiger partial charge in [-0.15, -0.1) is 10.2 Å². The third-order valence-corrected chi connectivity index (χ3v) is 3.92. The Kier molecular flexibility index (Phi) is 1.83. The molecule has 4 nitrogen and oxygen atoms in total. The zero-order valence-corrected chi connectivity index (χ0v) is 8.20. The molecule has 3 rings (SSSR count). The molecule has 2 saturated carbocycles. The fourth-order valence-electron chi connectivity index (χ4n) is 2.73. The van der Waals surface area contributed by atoms with Crippen LogP contribution in [0, 0.1) is 5.41 Å². The van der Waals surface area contributed by atoms with E-state index >= 15 is 0 Å². The van der Waals surface area contributed by atoms with Crippen molar-refractivity contribution in [3.63, 3.8) is 0 Å². The number of hydrogen-bond donors (Lipinski definition) is 1. The number of nitrogens with one attached hydrogen (secondary N) is 1. The summed E-state index contributed by atoms with van der Waals surface area (Å²) in [7, 11) is 0. The molecule has 1 aromatic heterocycles. The molecule has 0 amide bonds. The van der Waals surface area contributed by atoms with Gasteiger partial charge in [-0.2, -0.15) is 0 Å². The Balaban J connectivity index is 1.54. The average molecular weight is 193 g/mol. The Bertz CT molecular complexity index is 300. The summed E-state index contributed by atoms with van der Waals surface area (Å²) in [5, 5.41) is 11.0. The van der Waals surface area contributed by atoms with Gasteiger partial charge >= 0.3 is 0 Å². The number of nitrogens with zero attached hydrogens (tertiary/aromatic N) is 2. The fraction of sp³-hybridized carbons (Fsp3) is 0.800. The highest BCUT2D eigenvalue weighted by Crippen LogP contribution is 2.55. The van der Waals surface area contributed by atoms with Crippen molar-refractivity contribution in [2.45, 2.75) is 44.7 Å². The summed E-state index contributed by atoms with van der Waals surface area (Å²) in [6, 6.07) is 0.697. The highest BCUT2D eigenvalue weighted by Gasteiger charge is 2.50. The largest absolute Gasteiger partial charge is 0.427 e. The van der Waals surface area contributed by atoms with Crippen molar-refractivity contribution in [2.75, 3.05) is 0 Å². The summed E-state index contributed by atoms with van der Waals surface area (Å²) in [4.78, 5) is 0. The maximum atomic E-state index is 5.09. The first-order chi connectivity index (χ1) is 6.89. The molecular weight excluding hydrogens is 178 g/mol. The van der Waals surface area contributed by atoms with E-state index in [1.54, 1.807) is 0 Å². The van der Waals surface area contributed by atoms with Crippen LogP contribution < -0.4 is 5.32 Å². The van der Waals surface area contributed by atoms with E-state index in [0.717, 1.165) is 6.54 Å². The second kappa shape index (κ2) is 3.05. The van der Waals surface area contributed by atoms with Gasteiger partial charge in [0, 0.05) is 6.04 Å². The van der Waals surface area contributed by atoms with Gasteiger partial charge in [-0.25, -0.2) is 0 Å². The van der Waals surface area contributed by atoms with Crippen LogP contribution in [0.3, 0.4) is 0 Å². The lowest BCUT2D eigenvalue weighted by molar-refractivity contribution is -0.0190. The van der Waals surface area contributed by atoms with Gasteiger partial charge in [0.25, 0.3) is 0 Å². The molecule has 0 radical (unpaired) electrons. The van der Waals surface area contributed by atoms with Crippen LogP contribution in [0.2, 0.25) is 0 Å². The molecule has 1 heterocycles. The van der Waals surface area contributed by atoms with Crippen LogP contribution in [-0.2, 0) is 6.54 Å². The van der Waals surface area contributed by atoms with Gasteiger partial charge in [-0.1, -0.05) is 6.42 Å². The van der Waals surface area contributed by atoms with E-state index in [1.165, 1.54) is 38.5 Å². The molecule has 2 aliphatic carbocycles. The highest BCUT2D eigenvalue weighted by atomic mass is 16.4. The summed E-state index contributed by atoms with van der Waals surface area (Å²) in [5.74, 6) is 0.700. The van der Waals surface area contributed by atoms with Gasteiger partial charge in [-0.05, 0) is 31.1 Å². The molecule has 0 aliphatic heterocycles. The lowest BCUT2D eigenvalue weighted by Gasteiger charge is -2.56. The summed E-state index contributed by atoms with van der Waals surface area (Å²) in [6.45, 7) is 0.729. The van der Waals surface area contributed by atoms with Crippen molar-refractivity contribution in [1.82, 2.24) is 15.5 Å². The van der Waals surface area contributed by atoms with Gasteiger partial charge in [0.15, 0.2) is 0 Å². The molecule has 2 fully saturated rings. The van der Waals surface area contributed by atoms with Gasteiger partial charge in [0.1, 0.15) is 0 Å². The number of hydrogen-bond acceptors (Lipinski definition) is 4. The molecule has 2 aliphatic rings. The van der Waals surface area contributed by atoms with Gasteiger partial charge < -0.3 is 9.73 Å². The predicted molar refractivity (Wildman–Crippen MR) is 50.4 cm³/mol. The molecule has 4 heteroatoms. The lowest BCUT2D eigenvalue weighted by atomic mass is 9.53. The van der Waals surface area contributed by atoms with Crippen molar-refractivity contribution in [3.8, 4) is 0 Å². The Labute approximate surface area is 83.1 Å². The molecule has 14 heavy (non-hydrogen) atoms. The van der Waals surface area contributed by atoms with E-state index in [1.807, 2.05) is 0 Å². The Morgan fingerprint density at radius 3 is 2.93 bits per heavy atom. The zero-order chi connectivity index (χ0) is 9.43. The number of rotatable bonds is 3. The predicted octanol–water partition coefficient (Wildman–Crippen LogP) is 1.49. The smallest absolute Gasteiger partial charge is 0.229 e. The third kappa shape index (κ3) is 1.17. The molecule has 0 saturated heterocycles. The minimum atomic E-state index is 0.653. The molecule has 1 N–H and O–H groups in total. The second-order valence-corrected chi connectivity index (χ2v) is 4.52. The van der Waals surface area contributed by atoms with Crippen LogP contribution in [0.25, 0.3) is 0 Å². The van der Waals surface area contributed by atoms with Crippen molar-refractivity contribution < 1.29 is 4.42 Å². The topological polar surface area (TPSA) is 51.0 Å². The molecule has 1 unspecified atom stereocenters. The van der Waals surface area contributed by atoms with E-state index in [0.29, 0.717) is 17.3 Å². The maximum Gasteiger partial charge on any atom is 0.229 e. The van der Waals surface area contributed by atoms with Crippen molar-refractivity contribution in [1.29, 1.82) is 0 Å². The molecule has 1 spiro atoms. The Hall–Kier alpha value is -0.900. The van der Waals surface area contributed by atoms with Crippen molar-refractivity contribution in [2.24, 2.45) is 5.41 Å². The molecule has 0 bridgehead atoms. The van der Waals surface area contributed by atoms with Crippen LogP contribution in [0.15, 0.2) is 10.8 Å². The molecule has 76 valence electrons. The molecule has 1 aromatic rings. The Morgan fingerprint density at radius 1 is 1.50 bits per heavy atom. The minimum Gasteiger partial charge on any atom is -0.427 e. The van der Waals surface area contributed by atoms with Crippen LogP contribution in [0.4, 0.5) is 0 Å². The van der Waals surface area contributed by atoms with Crippen LogP contribution in [-0.4, -0.2) is 16.2 Å². The summed E-state index contributed by atoms with van der Waals surface area (Å²) in [6.07, 6.45) is 8.35. The monoisotopic (exact) mass is 193 g/mol. The summed E-state index contributed by atoms with van der Waals surface area (Å²) < 4.78 is 5.09. The summed E-state index contributed by atoms with van der Waals surface area (Å²) in [5.41, 5.74) is 0.653. The highest BCUT2D eigenvalue weighted by molar-refractivity contribution is 5.05. The quantitative estimate of drug-likeness (QED) is 0.790. The van der Waals surface area contributed by atoms with E-state index < -0.39 is 0 Å². The molecule has 1 atom stereocenters. The average Bonchev–Trinajstić information content (AvgIpc) is 2.52. The van der Waals surface area contributed by atoms with E-state index in [9.17, 15) is 0 Å².